The minimum Gasteiger partial charge on any atom is -0.393 e. The predicted molar refractivity (Wildman–Crippen MR) is 99.5 cm³/mol. The van der Waals surface area contributed by atoms with E-state index in [0.717, 1.165) is 0 Å². The summed E-state index contributed by atoms with van der Waals surface area (Å²) in [6.07, 6.45) is 0. The number of hydrogen-bond acceptors (Lipinski definition) is 6. The third kappa shape index (κ3) is 2.88. The molecule has 0 bridgehead atoms. The van der Waals surface area contributed by atoms with E-state index in [-0.39, 0.29) is 35.5 Å². The Bertz CT molecular complexity index is 1150. The SMILES string of the molecule is Nc1nc(-c2nn(Cc3ccccc3F)c3cc(F)ccc23)nc(N)c1N. The van der Waals surface area contributed by atoms with Crippen LogP contribution in [0.4, 0.5) is 26.1 Å². The molecule has 4 aromatic rings. The van der Waals surface area contributed by atoms with Gasteiger partial charge < -0.3 is 17.2 Å². The number of fused-ring (bicyclic) bond motifs is 1. The van der Waals surface area contributed by atoms with E-state index < -0.39 is 5.82 Å². The first-order chi connectivity index (χ1) is 12.9. The molecule has 0 saturated heterocycles. The molecule has 6 N–H and O–H groups in total. The maximum absolute atomic E-state index is 14.0. The molecule has 2 heterocycles. The number of nitrogens with zero attached hydrogens (tertiary/aromatic N) is 4. The molecule has 0 aliphatic heterocycles. The number of nitrogens with two attached hydrogens (primary N) is 3. The quantitative estimate of drug-likeness (QED) is 0.512. The zero-order valence-electron chi connectivity index (χ0n) is 14.0. The normalized spacial score (nSPS) is 11.2. The van der Waals surface area contributed by atoms with E-state index in [2.05, 4.69) is 15.1 Å². The molecule has 0 radical (unpaired) electrons. The molecule has 0 atom stereocenters. The fourth-order valence-corrected chi connectivity index (χ4v) is 2.83. The van der Waals surface area contributed by atoms with Crippen LogP contribution >= 0.6 is 0 Å². The zero-order valence-corrected chi connectivity index (χ0v) is 14.0. The van der Waals surface area contributed by atoms with Crippen LogP contribution in [-0.4, -0.2) is 19.7 Å². The van der Waals surface area contributed by atoms with Gasteiger partial charge in [0, 0.05) is 10.9 Å². The third-order valence-corrected chi connectivity index (χ3v) is 4.21. The first-order valence-electron chi connectivity index (χ1n) is 8.02. The average molecular weight is 367 g/mol. The molecule has 7 nitrogen and oxygen atoms in total. The van der Waals surface area contributed by atoms with Crippen molar-refractivity contribution in [3.05, 3.63) is 59.7 Å². The summed E-state index contributed by atoms with van der Waals surface area (Å²) in [6, 6.07) is 10.5. The van der Waals surface area contributed by atoms with E-state index in [1.54, 1.807) is 24.3 Å². The fourth-order valence-electron chi connectivity index (χ4n) is 2.83. The number of nitrogen functional groups attached to an aromatic ring is 3. The molecule has 4 rings (SSSR count). The van der Waals surface area contributed by atoms with Gasteiger partial charge in [-0.1, -0.05) is 18.2 Å². The van der Waals surface area contributed by atoms with E-state index in [1.165, 1.54) is 22.9 Å². The van der Waals surface area contributed by atoms with Crippen molar-refractivity contribution in [1.29, 1.82) is 0 Å². The molecule has 0 amide bonds. The van der Waals surface area contributed by atoms with Crippen LogP contribution in [0.1, 0.15) is 5.56 Å². The van der Waals surface area contributed by atoms with Gasteiger partial charge in [-0.2, -0.15) is 5.10 Å². The van der Waals surface area contributed by atoms with E-state index in [4.69, 9.17) is 17.2 Å². The van der Waals surface area contributed by atoms with Gasteiger partial charge in [-0.05, 0) is 24.3 Å². The summed E-state index contributed by atoms with van der Waals surface area (Å²) in [6.45, 7) is 0.104. The summed E-state index contributed by atoms with van der Waals surface area (Å²) in [5.41, 5.74) is 18.6. The van der Waals surface area contributed by atoms with Crippen LogP contribution in [0.5, 0.6) is 0 Å². The fraction of sp³-hybridized carbons (Fsp3) is 0.0556. The zero-order chi connectivity index (χ0) is 19.1. The Labute approximate surface area is 152 Å². The number of aromatic nitrogens is 4. The molecule has 0 aliphatic rings. The summed E-state index contributed by atoms with van der Waals surface area (Å²) >= 11 is 0. The van der Waals surface area contributed by atoms with Gasteiger partial charge in [0.15, 0.2) is 17.5 Å². The average Bonchev–Trinajstić information content (AvgIpc) is 2.99. The van der Waals surface area contributed by atoms with Crippen LogP contribution in [0.15, 0.2) is 42.5 Å². The lowest BCUT2D eigenvalue weighted by atomic mass is 10.2. The highest BCUT2D eigenvalue weighted by Crippen LogP contribution is 2.30. The Hall–Kier alpha value is -3.75. The van der Waals surface area contributed by atoms with Crippen molar-refractivity contribution in [3.8, 4) is 11.5 Å². The molecular formula is C18H15F2N7. The molecule has 2 aromatic carbocycles. The van der Waals surface area contributed by atoms with Gasteiger partial charge in [0.1, 0.15) is 23.0 Å². The summed E-state index contributed by atoms with van der Waals surface area (Å²) in [5.74, 6) is -0.617. The van der Waals surface area contributed by atoms with Gasteiger partial charge in [-0.25, -0.2) is 18.7 Å². The number of hydrogen-bond donors (Lipinski definition) is 3. The Morgan fingerprint density at radius 2 is 1.63 bits per heavy atom. The van der Waals surface area contributed by atoms with Crippen LogP contribution < -0.4 is 17.2 Å². The van der Waals surface area contributed by atoms with Gasteiger partial charge in [0.25, 0.3) is 0 Å². The maximum atomic E-state index is 14.0. The lowest BCUT2D eigenvalue weighted by Crippen LogP contribution is -2.07. The van der Waals surface area contributed by atoms with Gasteiger partial charge in [0.05, 0.1) is 12.1 Å². The molecule has 0 fully saturated rings. The van der Waals surface area contributed by atoms with E-state index >= 15 is 0 Å². The van der Waals surface area contributed by atoms with Crippen molar-refractivity contribution in [1.82, 2.24) is 19.7 Å². The minimum atomic E-state index is -0.444. The van der Waals surface area contributed by atoms with Crippen molar-refractivity contribution >= 4 is 28.2 Å². The monoisotopic (exact) mass is 367 g/mol. The summed E-state index contributed by atoms with van der Waals surface area (Å²) in [4.78, 5) is 8.26. The van der Waals surface area contributed by atoms with Crippen molar-refractivity contribution in [2.75, 3.05) is 17.2 Å². The highest BCUT2D eigenvalue weighted by molar-refractivity contribution is 5.92. The summed E-state index contributed by atoms with van der Waals surface area (Å²) < 4.78 is 29.4. The Morgan fingerprint density at radius 1 is 0.926 bits per heavy atom. The molecule has 27 heavy (non-hydrogen) atoms. The predicted octanol–water partition coefficient (Wildman–Crippen LogP) is 2.57. The first kappa shape index (κ1) is 16.7. The Kier molecular flexibility index (Phi) is 3.84. The summed E-state index contributed by atoms with van der Waals surface area (Å²) in [7, 11) is 0. The second-order valence-electron chi connectivity index (χ2n) is 5.99. The molecule has 136 valence electrons. The number of rotatable bonds is 3. The van der Waals surface area contributed by atoms with Crippen LogP contribution in [0.3, 0.4) is 0 Å². The number of benzene rings is 2. The van der Waals surface area contributed by atoms with Crippen LogP contribution in [0, 0.1) is 11.6 Å². The van der Waals surface area contributed by atoms with Gasteiger partial charge in [-0.15, -0.1) is 0 Å². The van der Waals surface area contributed by atoms with Gasteiger partial charge >= 0.3 is 0 Å². The molecule has 2 aromatic heterocycles. The second kappa shape index (κ2) is 6.20. The molecular weight excluding hydrogens is 352 g/mol. The van der Waals surface area contributed by atoms with Gasteiger partial charge in [0.2, 0.25) is 0 Å². The third-order valence-electron chi connectivity index (χ3n) is 4.21. The lowest BCUT2D eigenvalue weighted by molar-refractivity contribution is 0.589. The number of halogens is 2. The first-order valence-corrected chi connectivity index (χ1v) is 8.02. The standard InChI is InChI=1S/C18H15F2N7/c19-10-5-6-11-13(7-10)27(8-9-3-1-2-4-12(9)20)26-15(11)18-24-16(22)14(21)17(23)25-18/h1-7H,8,21H2,(H4,22,23,24,25). The molecule has 0 unspecified atom stereocenters. The van der Waals surface area contributed by atoms with E-state index in [9.17, 15) is 8.78 Å². The van der Waals surface area contributed by atoms with E-state index in [0.29, 0.717) is 22.2 Å². The molecule has 0 saturated carbocycles. The topological polar surface area (TPSA) is 122 Å². The second-order valence-corrected chi connectivity index (χ2v) is 5.99. The van der Waals surface area contributed by atoms with E-state index in [1.807, 2.05) is 0 Å². The summed E-state index contributed by atoms with van der Waals surface area (Å²) in [5, 5.41) is 5.04. The highest BCUT2D eigenvalue weighted by Gasteiger charge is 2.18. The lowest BCUT2D eigenvalue weighted by Gasteiger charge is -2.05. The van der Waals surface area contributed by atoms with Crippen molar-refractivity contribution < 1.29 is 8.78 Å². The van der Waals surface area contributed by atoms with Crippen molar-refractivity contribution in [3.63, 3.8) is 0 Å². The molecule has 0 spiro atoms. The van der Waals surface area contributed by atoms with Gasteiger partial charge in [-0.3, -0.25) is 4.68 Å². The largest absolute Gasteiger partial charge is 0.393 e. The Balaban J connectivity index is 1.91. The van der Waals surface area contributed by atoms with Crippen LogP contribution in [0.2, 0.25) is 0 Å². The maximum Gasteiger partial charge on any atom is 0.184 e. The molecule has 0 aliphatic carbocycles. The van der Waals surface area contributed by atoms with Crippen molar-refractivity contribution in [2.24, 2.45) is 0 Å². The Morgan fingerprint density at radius 3 is 2.33 bits per heavy atom. The van der Waals surface area contributed by atoms with Crippen LogP contribution in [0.25, 0.3) is 22.4 Å². The minimum absolute atomic E-state index is 0.0245. The smallest absolute Gasteiger partial charge is 0.184 e. The van der Waals surface area contributed by atoms with Crippen molar-refractivity contribution in [2.45, 2.75) is 6.54 Å². The van der Waals surface area contributed by atoms with Crippen LogP contribution in [-0.2, 0) is 6.54 Å². The number of anilines is 3. The highest BCUT2D eigenvalue weighted by atomic mass is 19.1. The molecule has 9 heteroatoms.